The van der Waals surface area contributed by atoms with Crippen molar-refractivity contribution in [2.24, 2.45) is 0 Å². The minimum atomic E-state index is -0.482. The Morgan fingerprint density at radius 3 is 2.62 bits per heavy atom. The Bertz CT molecular complexity index is 1380. The topological polar surface area (TPSA) is 102 Å². The lowest BCUT2D eigenvalue weighted by Crippen LogP contribution is -2.47. The van der Waals surface area contributed by atoms with Gasteiger partial charge in [-0.05, 0) is 82.1 Å². The number of likely N-dealkylation sites (tertiary alicyclic amines) is 1. The van der Waals surface area contributed by atoms with Crippen molar-refractivity contribution in [1.82, 2.24) is 15.0 Å². The van der Waals surface area contributed by atoms with Gasteiger partial charge in [0.2, 0.25) is 0 Å². The molecule has 39 heavy (non-hydrogen) atoms. The maximum absolute atomic E-state index is 12.6. The number of rotatable bonds is 6. The van der Waals surface area contributed by atoms with E-state index in [1.807, 2.05) is 51.1 Å². The second kappa shape index (κ2) is 11.0. The third-order valence-electron chi connectivity index (χ3n) is 7.71. The highest BCUT2D eigenvalue weighted by atomic mass is 16.6. The quantitative estimate of drug-likeness (QED) is 0.402. The van der Waals surface area contributed by atoms with Gasteiger partial charge in [-0.1, -0.05) is 11.2 Å². The molecule has 0 bridgehead atoms. The molecular weight excluding hydrogens is 498 g/mol. The Morgan fingerprint density at radius 2 is 1.90 bits per heavy atom. The molecule has 0 N–H and O–H groups in total. The highest BCUT2D eigenvalue weighted by Gasteiger charge is 2.32. The lowest BCUT2D eigenvalue weighted by Gasteiger charge is -2.37. The largest absolute Gasteiger partial charge is 0.492 e. The molecule has 9 nitrogen and oxygen atoms in total. The number of carbonyl (C=O) groups excluding carboxylic acids is 3. The molecule has 1 aromatic heterocycles. The van der Waals surface area contributed by atoms with Crippen LogP contribution in [0.1, 0.15) is 64.5 Å². The zero-order valence-electron chi connectivity index (χ0n) is 23.2. The number of hydrogen-bond donors (Lipinski definition) is 0. The van der Waals surface area contributed by atoms with Gasteiger partial charge < -0.3 is 18.9 Å². The highest BCUT2D eigenvalue weighted by molar-refractivity contribution is 6.11. The minimum Gasteiger partial charge on any atom is -0.492 e. The van der Waals surface area contributed by atoms with Crippen LogP contribution < -0.4 is 4.74 Å². The van der Waals surface area contributed by atoms with E-state index in [1.54, 1.807) is 4.90 Å². The van der Waals surface area contributed by atoms with Crippen LogP contribution in [0, 0.1) is 0 Å². The first-order chi connectivity index (χ1) is 18.6. The van der Waals surface area contributed by atoms with Gasteiger partial charge in [0.1, 0.15) is 35.2 Å². The van der Waals surface area contributed by atoms with E-state index in [1.165, 1.54) is 0 Å². The lowest BCUT2D eigenvalue weighted by molar-refractivity contribution is -0.130. The number of Topliss-reactive ketones (excluding diaryl/α,β-unsaturated/α-hetero) is 2. The minimum absolute atomic E-state index is 0.00685. The summed E-state index contributed by atoms with van der Waals surface area (Å²) in [4.78, 5) is 40.7. The normalized spacial score (nSPS) is 19.3. The van der Waals surface area contributed by atoms with Crippen molar-refractivity contribution in [2.75, 3.05) is 33.3 Å². The van der Waals surface area contributed by atoms with Crippen LogP contribution in [0.3, 0.4) is 0 Å². The Balaban J connectivity index is 1.18. The van der Waals surface area contributed by atoms with Crippen LogP contribution in [0.2, 0.25) is 0 Å². The van der Waals surface area contributed by atoms with E-state index < -0.39 is 11.5 Å². The van der Waals surface area contributed by atoms with Crippen molar-refractivity contribution in [3.05, 3.63) is 36.0 Å². The smallest absolute Gasteiger partial charge is 0.410 e. The molecular formula is C30H37N3O6. The van der Waals surface area contributed by atoms with E-state index in [-0.39, 0.29) is 24.1 Å². The fourth-order valence-corrected chi connectivity index (χ4v) is 5.57. The molecule has 0 radical (unpaired) electrons. The number of likely N-dealkylation sites (N-methyl/N-ethyl adjacent to an activating group) is 1. The third-order valence-corrected chi connectivity index (χ3v) is 7.71. The van der Waals surface area contributed by atoms with Gasteiger partial charge in [0.15, 0.2) is 5.58 Å². The van der Waals surface area contributed by atoms with E-state index in [4.69, 9.17) is 14.0 Å². The summed E-state index contributed by atoms with van der Waals surface area (Å²) in [5, 5.41) is 7.01. The maximum Gasteiger partial charge on any atom is 0.410 e. The molecule has 2 aromatic carbocycles. The molecule has 1 aliphatic carbocycles. The number of hydrogen-bond acceptors (Lipinski definition) is 8. The zero-order valence-corrected chi connectivity index (χ0v) is 23.2. The van der Waals surface area contributed by atoms with Gasteiger partial charge in [0.05, 0.1) is 17.7 Å². The first-order valence-electron chi connectivity index (χ1n) is 13.8. The summed E-state index contributed by atoms with van der Waals surface area (Å²) in [6, 6.07) is 10.1. The van der Waals surface area contributed by atoms with Crippen molar-refractivity contribution >= 4 is 39.4 Å². The predicted octanol–water partition coefficient (Wildman–Crippen LogP) is 5.10. The maximum atomic E-state index is 12.6. The molecule has 1 saturated carbocycles. The molecule has 3 aromatic rings. The zero-order chi connectivity index (χ0) is 27.7. The van der Waals surface area contributed by atoms with Crippen molar-refractivity contribution < 1.29 is 28.4 Å². The Kier molecular flexibility index (Phi) is 7.62. The first-order valence-corrected chi connectivity index (χ1v) is 13.8. The van der Waals surface area contributed by atoms with Crippen molar-refractivity contribution in [3.8, 4) is 5.75 Å². The number of ketones is 2. The van der Waals surface area contributed by atoms with Gasteiger partial charge in [-0.2, -0.15) is 0 Å². The number of ether oxygens (including phenoxy) is 2. The van der Waals surface area contributed by atoms with Gasteiger partial charge in [0.25, 0.3) is 0 Å². The van der Waals surface area contributed by atoms with Gasteiger partial charge >= 0.3 is 6.09 Å². The number of carbonyl (C=O) groups is 3. The fraction of sp³-hybridized carbons (Fsp3) is 0.533. The number of piperidine rings is 1. The molecule has 2 heterocycles. The van der Waals surface area contributed by atoms with Crippen LogP contribution in [0.25, 0.3) is 21.7 Å². The average Bonchev–Trinajstić information content (AvgIpc) is 3.32. The van der Waals surface area contributed by atoms with Gasteiger partial charge in [-0.3, -0.25) is 14.5 Å². The van der Waals surface area contributed by atoms with Gasteiger partial charge in [-0.15, -0.1) is 0 Å². The summed E-state index contributed by atoms with van der Waals surface area (Å²) in [6.07, 6.45) is 2.41. The summed E-state index contributed by atoms with van der Waals surface area (Å²) in [5.41, 5.74) is 0.779. The lowest BCUT2D eigenvalue weighted by atomic mass is 9.83. The molecule has 2 fully saturated rings. The first kappa shape index (κ1) is 27.1. The molecule has 1 atom stereocenters. The average molecular weight is 536 g/mol. The van der Waals surface area contributed by atoms with Crippen molar-refractivity contribution in [1.29, 1.82) is 0 Å². The van der Waals surface area contributed by atoms with Crippen molar-refractivity contribution in [2.45, 2.75) is 70.4 Å². The Morgan fingerprint density at radius 1 is 1.13 bits per heavy atom. The van der Waals surface area contributed by atoms with E-state index in [9.17, 15) is 14.4 Å². The van der Waals surface area contributed by atoms with Crippen LogP contribution in [-0.2, 0) is 14.3 Å². The van der Waals surface area contributed by atoms with Crippen molar-refractivity contribution in [3.63, 3.8) is 0 Å². The van der Waals surface area contributed by atoms with Crippen LogP contribution >= 0.6 is 0 Å². The molecule has 5 rings (SSSR count). The number of fused-ring (bicyclic) bond motifs is 3. The molecule has 1 saturated heterocycles. The van der Waals surface area contributed by atoms with E-state index in [2.05, 4.69) is 17.1 Å². The fourth-order valence-electron chi connectivity index (χ4n) is 5.57. The number of aromatic nitrogens is 1. The number of benzene rings is 2. The summed E-state index contributed by atoms with van der Waals surface area (Å²) >= 11 is 0. The molecule has 1 aliphatic heterocycles. The van der Waals surface area contributed by atoms with Gasteiger partial charge in [-0.25, -0.2) is 4.79 Å². The second-order valence-electron chi connectivity index (χ2n) is 11.7. The summed E-state index contributed by atoms with van der Waals surface area (Å²) in [7, 11) is 2.10. The second-order valence-corrected chi connectivity index (χ2v) is 11.7. The Hall–Kier alpha value is -3.46. The van der Waals surface area contributed by atoms with Crippen LogP contribution in [-0.4, -0.2) is 77.5 Å². The molecule has 1 amide bonds. The predicted molar refractivity (Wildman–Crippen MR) is 147 cm³/mol. The van der Waals surface area contributed by atoms with E-state index >= 15 is 0 Å². The van der Waals surface area contributed by atoms with Crippen LogP contribution in [0.5, 0.6) is 5.75 Å². The standard InChI is InChI=1S/C30H37N3O6/c1-30(2,3)38-29(36)33-13-11-20(12-14-33)32(4)15-16-37-22-7-9-23-19(17-22)5-10-26-27(23)28(31-39-26)24-8-6-21(34)18-25(24)35/h5,7,9-10,17,20,24H,6,8,11-16,18H2,1-4H3. The van der Waals surface area contributed by atoms with Gasteiger partial charge in [0, 0.05) is 32.1 Å². The molecule has 2 aliphatic rings. The third kappa shape index (κ3) is 6.08. The summed E-state index contributed by atoms with van der Waals surface area (Å²) in [5.74, 6) is 0.273. The van der Waals surface area contributed by atoms with E-state index in [0.717, 1.165) is 41.3 Å². The monoisotopic (exact) mass is 535 g/mol. The number of amides is 1. The highest BCUT2D eigenvalue weighted by Crippen LogP contribution is 2.37. The summed E-state index contributed by atoms with van der Waals surface area (Å²) in [6.45, 7) is 8.35. The molecule has 9 heteroatoms. The molecule has 1 unspecified atom stereocenters. The molecule has 0 spiro atoms. The number of nitrogens with zero attached hydrogens (tertiary/aromatic N) is 3. The van der Waals surface area contributed by atoms with Crippen LogP contribution in [0.4, 0.5) is 4.79 Å². The SMILES string of the molecule is CN(CCOc1ccc2c(ccc3onc(C4CCC(=O)CC4=O)c32)c1)C1CCN(C(=O)OC(C)(C)C)CC1. The van der Waals surface area contributed by atoms with E-state index in [0.29, 0.717) is 49.9 Å². The van der Waals surface area contributed by atoms with Crippen LogP contribution in [0.15, 0.2) is 34.9 Å². The Labute approximate surface area is 228 Å². The summed E-state index contributed by atoms with van der Waals surface area (Å²) < 4.78 is 17.2. The molecule has 208 valence electrons.